The van der Waals surface area contributed by atoms with Crippen LogP contribution < -0.4 is 20.1 Å². The SMILES string of the molecule is COC(=O)CC(NC(=O)C1CCNCC1)c1ccc(OC)cc1OC. The molecule has 1 amide bonds. The molecule has 1 fully saturated rings. The molecule has 1 aliphatic heterocycles. The fraction of sp³-hybridized carbons (Fsp3) is 0.556. The Balaban J connectivity index is 2.22. The van der Waals surface area contributed by atoms with Crippen LogP contribution in [0.15, 0.2) is 18.2 Å². The summed E-state index contributed by atoms with van der Waals surface area (Å²) in [5.41, 5.74) is 0.719. The quantitative estimate of drug-likeness (QED) is 0.724. The van der Waals surface area contributed by atoms with Crippen LogP contribution in [0, 0.1) is 5.92 Å². The van der Waals surface area contributed by atoms with Gasteiger partial charge in [0.05, 0.1) is 33.8 Å². The molecule has 0 aromatic heterocycles. The number of ether oxygens (including phenoxy) is 3. The normalized spacial score (nSPS) is 16.0. The first-order valence-electron chi connectivity index (χ1n) is 8.38. The summed E-state index contributed by atoms with van der Waals surface area (Å²) < 4.78 is 15.4. The number of hydrogen-bond donors (Lipinski definition) is 2. The Labute approximate surface area is 148 Å². The van der Waals surface area contributed by atoms with E-state index in [2.05, 4.69) is 10.6 Å². The van der Waals surface area contributed by atoms with E-state index in [1.807, 2.05) is 0 Å². The third-order valence-corrected chi connectivity index (χ3v) is 4.44. The third kappa shape index (κ3) is 5.09. The average Bonchev–Trinajstić information content (AvgIpc) is 2.67. The van der Waals surface area contributed by atoms with E-state index in [0.29, 0.717) is 11.5 Å². The summed E-state index contributed by atoms with van der Waals surface area (Å²) in [4.78, 5) is 24.4. The molecule has 1 atom stereocenters. The van der Waals surface area contributed by atoms with E-state index in [-0.39, 0.29) is 18.2 Å². The first-order valence-corrected chi connectivity index (χ1v) is 8.38. The Morgan fingerprint density at radius 3 is 2.52 bits per heavy atom. The number of esters is 1. The van der Waals surface area contributed by atoms with Crippen molar-refractivity contribution in [2.24, 2.45) is 5.92 Å². The van der Waals surface area contributed by atoms with Crippen LogP contribution in [0.2, 0.25) is 0 Å². The minimum absolute atomic E-state index is 0.0376. The standard InChI is InChI=1S/C18H26N2O5/c1-23-13-4-5-14(16(10-13)24-2)15(11-17(21)25-3)20-18(22)12-6-8-19-9-7-12/h4-5,10,12,15,19H,6-9,11H2,1-3H3,(H,20,22). The first-order chi connectivity index (χ1) is 12.1. The molecule has 2 N–H and O–H groups in total. The van der Waals surface area contributed by atoms with Crippen molar-refractivity contribution in [3.63, 3.8) is 0 Å². The van der Waals surface area contributed by atoms with Crippen molar-refractivity contribution in [1.29, 1.82) is 0 Å². The van der Waals surface area contributed by atoms with Gasteiger partial charge in [0.1, 0.15) is 11.5 Å². The Morgan fingerprint density at radius 1 is 1.20 bits per heavy atom. The second-order valence-electron chi connectivity index (χ2n) is 5.97. The van der Waals surface area contributed by atoms with Crippen molar-refractivity contribution >= 4 is 11.9 Å². The molecule has 1 saturated heterocycles. The fourth-order valence-electron chi connectivity index (χ4n) is 2.97. The van der Waals surface area contributed by atoms with E-state index in [1.165, 1.54) is 7.11 Å². The molecule has 1 unspecified atom stereocenters. The first kappa shape index (κ1) is 19.1. The molecule has 7 heteroatoms. The number of methoxy groups -OCH3 is 3. The minimum Gasteiger partial charge on any atom is -0.497 e. The second-order valence-corrected chi connectivity index (χ2v) is 5.97. The zero-order chi connectivity index (χ0) is 18.2. The van der Waals surface area contributed by atoms with Crippen LogP contribution in [0.5, 0.6) is 11.5 Å². The van der Waals surface area contributed by atoms with Crippen molar-refractivity contribution in [1.82, 2.24) is 10.6 Å². The van der Waals surface area contributed by atoms with Gasteiger partial charge in [0.25, 0.3) is 0 Å². The molecule has 1 aromatic carbocycles. The lowest BCUT2D eigenvalue weighted by atomic mass is 9.95. The van der Waals surface area contributed by atoms with Crippen LogP contribution in [0.25, 0.3) is 0 Å². The molecule has 7 nitrogen and oxygen atoms in total. The summed E-state index contributed by atoms with van der Waals surface area (Å²) >= 11 is 0. The predicted molar refractivity (Wildman–Crippen MR) is 92.7 cm³/mol. The van der Waals surface area contributed by atoms with Gasteiger partial charge in [0.15, 0.2) is 0 Å². The molecule has 25 heavy (non-hydrogen) atoms. The van der Waals surface area contributed by atoms with Gasteiger partial charge < -0.3 is 24.8 Å². The van der Waals surface area contributed by atoms with E-state index in [0.717, 1.165) is 31.5 Å². The zero-order valence-corrected chi connectivity index (χ0v) is 15.0. The Bertz CT molecular complexity index is 599. The summed E-state index contributed by atoms with van der Waals surface area (Å²) in [7, 11) is 4.45. The Hall–Kier alpha value is -2.28. The molecule has 0 spiro atoms. The molecule has 1 heterocycles. The monoisotopic (exact) mass is 350 g/mol. The minimum atomic E-state index is -0.518. The Morgan fingerprint density at radius 2 is 1.92 bits per heavy atom. The van der Waals surface area contributed by atoms with Crippen molar-refractivity contribution in [2.75, 3.05) is 34.4 Å². The molecule has 1 aliphatic rings. The predicted octanol–water partition coefficient (Wildman–Crippen LogP) is 1.42. The smallest absolute Gasteiger partial charge is 0.307 e. The highest BCUT2D eigenvalue weighted by Crippen LogP contribution is 2.31. The number of nitrogens with one attached hydrogen (secondary N) is 2. The van der Waals surface area contributed by atoms with Gasteiger partial charge in [-0.15, -0.1) is 0 Å². The van der Waals surface area contributed by atoms with Crippen LogP contribution in [0.3, 0.4) is 0 Å². The van der Waals surface area contributed by atoms with Crippen LogP contribution >= 0.6 is 0 Å². The van der Waals surface area contributed by atoms with Crippen LogP contribution in [0.1, 0.15) is 30.9 Å². The van der Waals surface area contributed by atoms with Crippen molar-refractivity contribution < 1.29 is 23.8 Å². The maximum atomic E-state index is 12.6. The number of hydrogen-bond acceptors (Lipinski definition) is 6. The number of carbonyl (C=O) groups is 2. The molecule has 0 saturated carbocycles. The van der Waals surface area contributed by atoms with Gasteiger partial charge in [0, 0.05) is 17.5 Å². The number of benzene rings is 1. The van der Waals surface area contributed by atoms with E-state index < -0.39 is 12.0 Å². The largest absolute Gasteiger partial charge is 0.497 e. The third-order valence-electron chi connectivity index (χ3n) is 4.44. The molecule has 138 valence electrons. The molecule has 2 rings (SSSR count). The summed E-state index contributed by atoms with van der Waals surface area (Å²) in [5.74, 6) is 0.702. The lowest BCUT2D eigenvalue weighted by Gasteiger charge is -2.26. The fourth-order valence-corrected chi connectivity index (χ4v) is 2.97. The molecule has 0 radical (unpaired) electrons. The summed E-state index contributed by atoms with van der Waals surface area (Å²) in [5, 5.41) is 6.23. The number of piperidine rings is 1. The maximum absolute atomic E-state index is 12.6. The molecular formula is C18H26N2O5. The molecule has 1 aromatic rings. The lowest BCUT2D eigenvalue weighted by Crippen LogP contribution is -2.40. The average molecular weight is 350 g/mol. The van der Waals surface area contributed by atoms with E-state index in [9.17, 15) is 9.59 Å². The summed E-state index contributed by atoms with van der Waals surface area (Å²) in [6.07, 6.45) is 1.61. The highest BCUT2D eigenvalue weighted by molar-refractivity contribution is 5.80. The van der Waals surface area contributed by atoms with Gasteiger partial charge >= 0.3 is 5.97 Å². The van der Waals surface area contributed by atoms with Crippen molar-refractivity contribution in [3.05, 3.63) is 23.8 Å². The maximum Gasteiger partial charge on any atom is 0.307 e. The van der Waals surface area contributed by atoms with Gasteiger partial charge in [-0.3, -0.25) is 9.59 Å². The summed E-state index contributed by atoms with van der Waals surface area (Å²) in [6, 6.07) is 4.79. The topological polar surface area (TPSA) is 85.9 Å². The van der Waals surface area contributed by atoms with Gasteiger partial charge in [-0.1, -0.05) is 0 Å². The molecule has 0 aliphatic carbocycles. The van der Waals surface area contributed by atoms with Gasteiger partial charge in [-0.2, -0.15) is 0 Å². The lowest BCUT2D eigenvalue weighted by molar-refractivity contribution is -0.141. The zero-order valence-electron chi connectivity index (χ0n) is 15.0. The number of rotatable bonds is 7. The highest BCUT2D eigenvalue weighted by atomic mass is 16.5. The van der Waals surface area contributed by atoms with Crippen LogP contribution in [-0.4, -0.2) is 46.3 Å². The van der Waals surface area contributed by atoms with E-state index >= 15 is 0 Å². The van der Waals surface area contributed by atoms with Crippen molar-refractivity contribution in [2.45, 2.75) is 25.3 Å². The van der Waals surface area contributed by atoms with Crippen LogP contribution in [0.4, 0.5) is 0 Å². The van der Waals surface area contributed by atoms with Gasteiger partial charge in [-0.05, 0) is 38.1 Å². The molecular weight excluding hydrogens is 324 g/mol. The number of carbonyl (C=O) groups excluding carboxylic acids is 2. The van der Waals surface area contributed by atoms with Crippen molar-refractivity contribution in [3.8, 4) is 11.5 Å². The molecule has 0 bridgehead atoms. The summed E-state index contributed by atoms with van der Waals surface area (Å²) in [6.45, 7) is 1.65. The number of amides is 1. The Kier molecular flexibility index (Phi) is 7.06. The van der Waals surface area contributed by atoms with E-state index in [4.69, 9.17) is 14.2 Å². The van der Waals surface area contributed by atoms with Crippen LogP contribution in [-0.2, 0) is 14.3 Å². The van der Waals surface area contributed by atoms with Gasteiger partial charge in [-0.25, -0.2) is 0 Å². The van der Waals surface area contributed by atoms with Gasteiger partial charge in [0.2, 0.25) is 5.91 Å². The highest BCUT2D eigenvalue weighted by Gasteiger charge is 2.27. The second kappa shape index (κ2) is 9.27. The van der Waals surface area contributed by atoms with E-state index in [1.54, 1.807) is 32.4 Å².